The predicted octanol–water partition coefficient (Wildman–Crippen LogP) is 6.43. The minimum absolute atomic E-state index is 0.991. The molecule has 0 atom stereocenters. The van der Waals surface area contributed by atoms with Crippen LogP contribution in [0.2, 0.25) is 0 Å². The molecule has 0 nitrogen and oxygen atoms in total. The van der Waals surface area contributed by atoms with E-state index < -0.39 is 0 Å². The molecule has 0 heteroatoms. The van der Waals surface area contributed by atoms with Crippen molar-refractivity contribution in [2.45, 2.75) is 47.0 Å². The third kappa shape index (κ3) is 4.90. The van der Waals surface area contributed by atoms with Gasteiger partial charge in [-0.2, -0.15) is 0 Å². The van der Waals surface area contributed by atoms with Gasteiger partial charge in [-0.15, -0.1) is 0 Å². The van der Waals surface area contributed by atoms with Crippen LogP contribution in [-0.2, 0) is 6.42 Å². The second-order valence-corrected chi connectivity index (χ2v) is 5.24. The molecular weight excluding hydrogens is 252 g/mol. The smallest absolute Gasteiger partial charge is 0.0221 e. The number of fused-ring (bicyclic) bond motifs is 1. The minimum atomic E-state index is 0.991. The molecule has 0 aromatic heterocycles. The summed E-state index contributed by atoms with van der Waals surface area (Å²) < 4.78 is 0. The van der Waals surface area contributed by atoms with Gasteiger partial charge in [-0.1, -0.05) is 81.5 Å². The van der Waals surface area contributed by atoms with Gasteiger partial charge in [-0.3, -0.25) is 0 Å². The fourth-order valence-corrected chi connectivity index (χ4v) is 2.32. The zero-order chi connectivity index (χ0) is 15.8. The zero-order valence-corrected chi connectivity index (χ0v) is 14.0. The second kappa shape index (κ2) is 8.46. The van der Waals surface area contributed by atoms with Gasteiger partial charge in [-0.25, -0.2) is 0 Å². The van der Waals surface area contributed by atoms with Crippen molar-refractivity contribution in [3.8, 4) is 0 Å². The van der Waals surface area contributed by atoms with Gasteiger partial charge < -0.3 is 0 Å². The summed E-state index contributed by atoms with van der Waals surface area (Å²) in [7, 11) is 0. The molecule has 21 heavy (non-hydrogen) atoms. The molecule has 0 N–H and O–H groups in total. The molecule has 0 fully saturated rings. The third-order valence-electron chi connectivity index (χ3n) is 3.68. The first kappa shape index (κ1) is 17.2. The van der Waals surface area contributed by atoms with Gasteiger partial charge >= 0.3 is 0 Å². The van der Waals surface area contributed by atoms with Crippen molar-refractivity contribution in [3.05, 3.63) is 76.9 Å². The number of hydrogen-bond acceptors (Lipinski definition) is 0. The van der Waals surface area contributed by atoms with Crippen molar-refractivity contribution in [2.75, 3.05) is 0 Å². The summed E-state index contributed by atoms with van der Waals surface area (Å²) in [6.07, 6.45) is 9.64. The molecule has 0 unspecified atom stereocenters. The van der Waals surface area contributed by atoms with Crippen LogP contribution in [0.4, 0.5) is 0 Å². The topological polar surface area (TPSA) is 0 Å². The van der Waals surface area contributed by atoms with Crippen LogP contribution in [0.25, 0.3) is 6.08 Å². The van der Waals surface area contributed by atoms with E-state index in [2.05, 4.69) is 63.4 Å². The Morgan fingerprint density at radius 2 is 1.86 bits per heavy atom. The molecule has 0 aliphatic heterocycles. The summed E-state index contributed by atoms with van der Waals surface area (Å²) in [4.78, 5) is 0. The molecular formula is C21H28. The van der Waals surface area contributed by atoms with Crippen molar-refractivity contribution >= 4 is 6.08 Å². The van der Waals surface area contributed by atoms with Crippen molar-refractivity contribution in [1.29, 1.82) is 0 Å². The number of aryl methyl sites for hydroxylation is 2. The van der Waals surface area contributed by atoms with E-state index in [-0.39, 0.29) is 0 Å². The molecule has 1 aromatic rings. The minimum Gasteiger partial charge on any atom is -0.0958 e. The van der Waals surface area contributed by atoms with Gasteiger partial charge in [0.1, 0.15) is 0 Å². The normalized spacial score (nSPS) is 13.0. The molecule has 0 spiro atoms. The molecule has 0 amide bonds. The summed E-state index contributed by atoms with van der Waals surface area (Å²) in [6.45, 7) is 16.4. The Balaban J connectivity index is 0.00000106. The summed E-state index contributed by atoms with van der Waals surface area (Å²) >= 11 is 0. The van der Waals surface area contributed by atoms with Gasteiger partial charge in [0.05, 0.1) is 0 Å². The largest absolute Gasteiger partial charge is 0.0958 e. The van der Waals surface area contributed by atoms with Crippen LogP contribution in [0.3, 0.4) is 0 Å². The lowest BCUT2D eigenvalue weighted by molar-refractivity contribution is 0.939. The lowest BCUT2D eigenvalue weighted by Crippen LogP contribution is -2.00. The maximum Gasteiger partial charge on any atom is -0.0221 e. The number of rotatable bonds is 4. The second-order valence-electron chi connectivity index (χ2n) is 5.24. The van der Waals surface area contributed by atoms with Crippen LogP contribution >= 0.6 is 0 Å². The number of benzene rings is 1. The van der Waals surface area contributed by atoms with E-state index in [1.165, 1.54) is 22.3 Å². The molecule has 0 radical (unpaired) electrons. The first-order valence-corrected chi connectivity index (χ1v) is 7.95. The Bertz CT molecular complexity index is 568. The van der Waals surface area contributed by atoms with E-state index in [1.54, 1.807) is 0 Å². The van der Waals surface area contributed by atoms with E-state index >= 15 is 0 Å². The third-order valence-corrected chi connectivity index (χ3v) is 3.68. The highest BCUT2D eigenvalue weighted by atomic mass is 14.2. The molecule has 2 rings (SSSR count). The van der Waals surface area contributed by atoms with Gasteiger partial charge in [-0.05, 0) is 48.5 Å². The predicted molar refractivity (Wildman–Crippen MR) is 96.5 cm³/mol. The van der Waals surface area contributed by atoms with E-state index in [0.717, 1.165) is 30.4 Å². The van der Waals surface area contributed by atoms with E-state index in [0.29, 0.717) is 0 Å². The summed E-state index contributed by atoms with van der Waals surface area (Å²) in [5.41, 5.74) is 7.74. The van der Waals surface area contributed by atoms with Gasteiger partial charge in [0.25, 0.3) is 0 Å². The zero-order valence-electron chi connectivity index (χ0n) is 14.0. The highest BCUT2D eigenvalue weighted by molar-refractivity contribution is 5.65. The lowest BCUT2D eigenvalue weighted by atomic mass is 9.88. The van der Waals surface area contributed by atoms with Gasteiger partial charge in [0, 0.05) is 0 Å². The van der Waals surface area contributed by atoms with Crippen molar-refractivity contribution in [3.63, 3.8) is 0 Å². The summed E-state index contributed by atoms with van der Waals surface area (Å²) in [6, 6.07) is 6.68. The van der Waals surface area contributed by atoms with Crippen LogP contribution in [0.5, 0.6) is 0 Å². The molecule has 0 saturated heterocycles. The quantitative estimate of drug-likeness (QED) is 0.557. The average Bonchev–Trinajstić information content (AvgIpc) is 2.53. The molecule has 0 heterocycles. The molecule has 1 aliphatic rings. The lowest BCUT2D eigenvalue weighted by Gasteiger charge is -2.17. The number of hydrogen-bond donors (Lipinski definition) is 0. The summed E-state index contributed by atoms with van der Waals surface area (Å²) in [5.74, 6) is 0. The van der Waals surface area contributed by atoms with Crippen LogP contribution in [0, 0.1) is 6.92 Å². The molecule has 112 valence electrons. The van der Waals surface area contributed by atoms with Crippen molar-refractivity contribution < 1.29 is 0 Å². The first-order chi connectivity index (χ1) is 10.1. The van der Waals surface area contributed by atoms with Crippen molar-refractivity contribution in [1.82, 2.24) is 0 Å². The van der Waals surface area contributed by atoms with E-state index in [1.807, 2.05) is 13.8 Å². The fraction of sp³-hybridized carbons (Fsp3) is 0.333. The first-order valence-electron chi connectivity index (χ1n) is 7.95. The van der Waals surface area contributed by atoms with E-state index in [9.17, 15) is 0 Å². The maximum absolute atomic E-state index is 4.18. The highest BCUT2D eigenvalue weighted by Crippen LogP contribution is 2.28. The van der Waals surface area contributed by atoms with Crippen LogP contribution in [0.15, 0.2) is 60.2 Å². The fourth-order valence-electron chi connectivity index (χ4n) is 2.32. The van der Waals surface area contributed by atoms with Crippen molar-refractivity contribution in [2.24, 2.45) is 0 Å². The Hall–Kier alpha value is -1.82. The average molecular weight is 280 g/mol. The van der Waals surface area contributed by atoms with Gasteiger partial charge in [0.2, 0.25) is 0 Å². The van der Waals surface area contributed by atoms with Crippen LogP contribution < -0.4 is 0 Å². The van der Waals surface area contributed by atoms with Crippen LogP contribution in [-0.4, -0.2) is 0 Å². The Morgan fingerprint density at radius 3 is 2.52 bits per heavy atom. The maximum atomic E-state index is 4.18. The Morgan fingerprint density at radius 1 is 1.14 bits per heavy atom. The SMILES string of the molecule is C=C(/C=C\C(=C)C1=Cc2ccc(C)cc2CC1)CC.CC. The molecule has 0 saturated carbocycles. The highest BCUT2D eigenvalue weighted by Gasteiger charge is 2.11. The van der Waals surface area contributed by atoms with E-state index in [4.69, 9.17) is 0 Å². The van der Waals surface area contributed by atoms with Crippen LogP contribution in [0.1, 0.15) is 50.3 Å². The molecule has 1 aliphatic carbocycles. The Kier molecular flexibility index (Phi) is 6.94. The molecule has 0 bridgehead atoms. The Labute approximate surface area is 130 Å². The molecule has 1 aromatic carbocycles. The summed E-state index contributed by atoms with van der Waals surface area (Å²) in [5, 5.41) is 0. The van der Waals surface area contributed by atoms with Gasteiger partial charge in [0.15, 0.2) is 0 Å². The monoisotopic (exact) mass is 280 g/mol. The number of allylic oxidation sites excluding steroid dienone is 5. The standard InChI is InChI=1S/C19H22.C2H6/c1-5-14(2)6-8-16(4)17-10-11-18-12-15(3)7-9-19(18)13-17;1-2/h6-9,12-13H,2,4-5,10-11H2,1,3H3;1-2H3/b8-6-;.